The Morgan fingerprint density at radius 1 is 1.61 bits per heavy atom. The molecule has 3 nitrogen and oxygen atoms in total. The van der Waals surface area contributed by atoms with Crippen LogP contribution in [-0.2, 0) is 11.3 Å². The standard InChI is InChI=1S/C14H22N2OS/c1-3-11-4-6-15-13(8-11)14(17)16(2)9-12-5-7-18-10-12/h5,7,10-11,13,15H,3-4,6,8-9H2,1-2H3. The molecular weight excluding hydrogens is 244 g/mol. The average Bonchev–Trinajstić information content (AvgIpc) is 2.90. The molecule has 1 aliphatic heterocycles. The van der Waals surface area contributed by atoms with Gasteiger partial charge < -0.3 is 10.2 Å². The Labute approximate surface area is 113 Å². The number of thiophene rings is 1. The summed E-state index contributed by atoms with van der Waals surface area (Å²) in [6, 6.07) is 2.10. The van der Waals surface area contributed by atoms with Crippen molar-refractivity contribution < 1.29 is 4.79 Å². The van der Waals surface area contributed by atoms with E-state index >= 15 is 0 Å². The fourth-order valence-corrected chi connectivity index (χ4v) is 3.22. The van der Waals surface area contributed by atoms with Crippen molar-refractivity contribution in [1.29, 1.82) is 0 Å². The Hall–Kier alpha value is -0.870. The van der Waals surface area contributed by atoms with E-state index in [1.165, 1.54) is 18.4 Å². The van der Waals surface area contributed by atoms with Crippen LogP contribution in [0.5, 0.6) is 0 Å². The summed E-state index contributed by atoms with van der Waals surface area (Å²) in [5.74, 6) is 0.939. The lowest BCUT2D eigenvalue weighted by Gasteiger charge is -2.31. The first-order valence-electron chi connectivity index (χ1n) is 6.70. The van der Waals surface area contributed by atoms with Crippen molar-refractivity contribution in [3.05, 3.63) is 22.4 Å². The minimum absolute atomic E-state index is 0.0207. The van der Waals surface area contributed by atoms with Gasteiger partial charge in [-0.3, -0.25) is 4.79 Å². The molecule has 1 aromatic heterocycles. The van der Waals surface area contributed by atoms with Crippen molar-refractivity contribution in [3.63, 3.8) is 0 Å². The highest BCUT2D eigenvalue weighted by atomic mass is 32.1. The summed E-state index contributed by atoms with van der Waals surface area (Å²) >= 11 is 1.68. The lowest BCUT2D eigenvalue weighted by molar-refractivity contribution is -0.133. The van der Waals surface area contributed by atoms with Crippen LogP contribution in [-0.4, -0.2) is 30.4 Å². The number of nitrogens with one attached hydrogen (secondary N) is 1. The minimum atomic E-state index is 0.0207. The van der Waals surface area contributed by atoms with E-state index in [4.69, 9.17) is 0 Å². The number of hydrogen-bond acceptors (Lipinski definition) is 3. The highest BCUT2D eigenvalue weighted by Crippen LogP contribution is 2.20. The van der Waals surface area contributed by atoms with Gasteiger partial charge in [0.15, 0.2) is 0 Å². The summed E-state index contributed by atoms with van der Waals surface area (Å²) in [7, 11) is 1.90. The number of likely N-dealkylation sites (N-methyl/N-ethyl adjacent to an activating group) is 1. The Bertz CT molecular complexity index is 377. The molecule has 0 aromatic carbocycles. The van der Waals surface area contributed by atoms with Crippen molar-refractivity contribution in [2.24, 2.45) is 5.92 Å². The van der Waals surface area contributed by atoms with Gasteiger partial charge in [0, 0.05) is 13.6 Å². The fraction of sp³-hybridized carbons (Fsp3) is 0.643. The molecule has 2 unspecified atom stereocenters. The highest BCUT2D eigenvalue weighted by molar-refractivity contribution is 7.07. The van der Waals surface area contributed by atoms with Crippen LogP contribution in [0.4, 0.5) is 0 Å². The zero-order valence-corrected chi connectivity index (χ0v) is 12.0. The topological polar surface area (TPSA) is 32.3 Å². The van der Waals surface area contributed by atoms with Gasteiger partial charge in [-0.15, -0.1) is 0 Å². The van der Waals surface area contributed by atoms with Crippen LogP contribution < -0.4 is 5.32 Å². The first-order valence-corrected chi connectivity index (χ1v) is 7.64. The molecule has 0 aliphatic carbocycles. The monoisotopic (exact) mass is 266 g/mol. The predicted molar refractivity (Wildman–Crippen MR) is 75.6 cm³/mol. The molecule has 100 valence electrons. The van der Waals surface area contributed by atoms with Crippen LogP contribution in [0.25, 0.3) is 0 Å². The molecule has 4 heteroatoms. The summed E-state index contributed by atoms with van der Waals surface area (Å²) in [6.07, 6.45) is 3.37. The van der Waals surface area contributed by atoms with Gasteiger partial charge in [0.2, 0.25) is 5.91 Å². The summed E-state index contributed by atoms with van der Waals surface area (Å²) in [6.45, 7) is 3.91. The molecule has 1 saturated heterocycles. The molecule has 0 spiro atoms. The Morgan fingerprint density at radius 2 is 2.44 bits per heavy atom. The lowest BCUT2D eigenvalue weighted by atomic mass is 9.90. The van der Waals surface area contributed by atoms with Gasteiger partial charge in [-0.05, 0) is 47.7 Å². The summed E-state index contributed by atoms with van der Waals surface area (Å²) < 4.78 is 0. The molecule has 1 aromatic rings. The van der Waals surface area contributed by atoms with Gasteiger partial charge in [0.25, 0.3) is 0 Å². The Balaban J connectivity index is 1.89. The molecule has 18 heavy (non-hydrogen) atoms. The minimum Gasteiger partial charge on any atom is -0.340 e. The second-order valence-corrected chi connectivity index (χ2v) is 5.91. The third kappa shape index (κ3) is 3.33. The van der Waals surface area contributed by atoms with Crippen molar-refractivity contribution >= 4 is 17.2 Å². The average molecular weight is 266 g/mol. The number of hydrogen-bond donors (Lipinski definition) is 1. The van der Waals surface area contributed by atoms with Crippen molar-refractivity contribution in [2.45, 2.75) is 38.8 Å². The van der Waals surface area contributed by atoms with Gasteiger partial charge in [0.05, 0.1) is 6.04 Å². The molecule has 2 atom stereocenters. The molecule has 1 amide bonds. The molecule has 2 heterocycles. The molecule has 1 fully saturated rings. The molecule has 0 radical (unpaired) electrons. The first kappa shape index (κ1) is 13.6. The van der Waals surface area contributed by atoms with Crippen molar-refractivity contribution in [1.82, 2.24) is 10.2 Å². The van der Waals surface area contributed by atoms with E-state index in [1.54, 1.807) is 11.3 Å². The third-order valence-electron chi connectivity index (χ3n) is 3.76. The number of nitrogens with zero attached hydrogens (tertiary/aromatic N) is 1. The summed E-state index contributed by atoms with van der Waals surface area (Å²) in [5.41, 5.74) is 1.22. The lowest BCUT2D eigenvalue weighted by Crippen LogP contribution is -2.48. The quantitative estimate of drug-likeness (QED) is 0.908. The predicted octanol–water partition coefficient (Wildman–Crippen LogP) is 2.48. The normalized spacial score (nSPS) is 23.9. The van der Waals surface area contributed by atoms with Crippen LogP contribution in [0.1, 0.15) is 31.7 Å². The number of rotatable bonds is 4. The van der Waals surface area contributed by atoms with Gasteiger partial charge in [0.1, 0.15) is 0 Å². The van der Waals surface area contributed by atoms with Crippen LogP contribution in [0, 0.1) is 5.92 Å². The second kappa shape index (κ2) is 6.34. The summed E-state index contributed by atoms with van der Waals surface area (Å²) in [4.78, 5) is 14.2. The summed E-state index contributed by atoms with van der Waals surface area (Å²) in [5, 5.41) is 7.51. The van der Waals surface area contributed by atoms with Gasteiger partial charge >= 0.3 is 0 Å². The molecule has 1 N–H and O–H groups in total. The maximum atomic E-state index is 12.4. The van der Waals surface area contributed by atoms with Crippen molar-refractivity contribution in [2.75, 3.05) is 13.6 Å². The molecule has 0 saturated carbocycles. The number of carbonyl (C=O) groups is 1. The van der Waals surface area contributed by atoms with E-state index in [1.807, 2.05) is 11.9 Å². The zero-order valence-electron chi connectivity index (χ0n) is 11.2. The Morgan fingerprint density at radius 3 is 3.11 bits per heavy atom. The number of carbonyl (C=O) groups excluding carboxylic acids is 1. The maximum Gasteiger partial charge on any atom is 0.239 e. The van der Waals surface area contributed by atoms with E-state index in [2.05, 4.69) is 29.1 Å². The fourth-order valence-electron chi connectivity index (χ4n) is 2.56. The van der Waals surface area contributed by atoms with E-state index in [0.29, 0.717) is 5.92 Å². The van der Waals surface area contributed by atoms with E-state index in [0.717, 1.165) is 19.5 Å². The molecule has 1 aliphatic rings. The second-order valence-electron chi connectivity index (χ2n) is 5.13. The molecular formula is C14H22N2OS. The highest BCUT2D eigenvalue weighted by Gasteiger charge is 2.27. The van der Waals surface area contributed by atoms with Gasteiger partial charge in [-0.2, -0.15) is 11.3 Å². The van der Waals surface area contributed by atoms with E-state index < -0.39 is 0 Å². The third-order valence-corrected chi connectivity index (χ3v) is 4.50. The van der Waals surface area contributed by atoms with Crippen LogP contribution in [0.15, 0.2) is 16.8 Å². The first-order chi connectivity index (χ1) is 8.70. The smallest absolute Gasteiger partial charge is 0.239 e. The Kier molecular flexibility index (Phi) is 4.78. The van der Waals surface area contributed by atoms with E-state index in [9.17, 15) is 4.79 Å². The maximum absolute atomic E-state index is 12.4. The van der Waals surface area contributed by atoms with Crippen LogP contribution >= 0.6 is 11.3 Å². The largest absolute Gasteiger partial charge is 0.340 e. The van der Waals surface area contributed by atoms with Crippen LogP contribution in [0.3, 0.4) is 0 Å². The molecule has 2 rings (SSSR count). The number of amides is 1. The van der Waals surface area contributed by atoms with Gasteiger partial charge in [-0.25, -0.2) is 0 Å². The van der Waals surface area contributed by atoms with E-state index in [-0.39, 0.29) is 11.9 Å². The SMILES string of the molecule is CCC1CCNC(C(=O)N(C)Cc2ccsc2)C1. The van der Waals surface area contributed by atoms with Crippen molar-refractivity contribution in [3.8, 4) is 0 Å². The van der Waals surface area contributed by atoms with Crippen LogP contribution in [0.2, 0.25) is 0 Å². The number of piperidine rings is 1. The molecule has 0 bridgehead atoms. The zero-order chi connectivity index (χ0) is 13.0. The van der Waals surface area contributed by atoms with Gasteiger partial charge in [-0.1, -0.05) is 13.3 Å².